The lowest BCUT2D eigenvalue weighted by Crippen LogP contribution is -2.00. The Kier molecular flexibility index (Phi) is 4.73. The molecule has 0 fully saturated rings. The van der Waals surface area contributed by atoms with Gasteiger partial charge in [-0.2, -0.15) is 5.26 Å². The van der Waals surface area contributed by atoms with Crippen molar-refractivity contribution in [3.05, 3.63) is 63.1 Å². The van der Waals surface area contributed by atoms with Gasteiger partial charge in [0.1, 0.15) is 23.2 Å². The Morgan fingerprint density at radius 3 is 2.28 bits per heavy atom. The summed E-state index contributed by atoms with van der Waals surface area (Å²) in [5.41, 5.74) is 8.17. The van der Waals surface area contributed by atoms with E-state index >= 15 is 0 Å². The van der Waals surface area contributed by atoms with E-state index < -0.39 is 0 Å². The predicted octanol–water partition coefficient (Wildman–Crippen LogP) is 5.54. The van der Waals surface area contributed by atoms with Crippen molar-refractivity contribution >= 4 is 40.6 Å². The number of benzene rings is 2. The normalized spacial score (nSPS) is 10.5. The SMILES string of the molecule is N#Cc1c(-c2ccc(Cl)cc2)cc(-c2cc(Cl)cc(Cl)c2O)nc1N. The molecule has 124 valence electrons. The zero-order valence-electron chi connectivity index (χ0n) is 12.6. The van der Waals surface area contributed by atoms with Gasteiger partial charge in [0.05, 0.1) is 10.7 Å². The van der Waals surface area contributed by atoms with Crippen molar-refractivity contribution in [2.45, 2.75) is 0 Å². The van der Waals surface area contributed by atoms with Gasteiger partial charge in [-0.15, -0.1) is 0 Å². The summed E-state index contributed by atoms with van der Waals surface area (Å²) in [6.07, 6.45) is 0. The van der Waals surface area contributed by atoms with Crippen LogP contribution in [-0.2, 0) is 0 Å². The van der Waals surface area contributed by atoms with Gasteiger partial charge in [0, 0.05) is 21.2 Å². The molecule has 3 aromatic rings. The Bertz CT molecular complexity index is 1010. The van der Waals surface area contributed by atoms with Crippen molar-refractivity contribution in [3.63, 3.8) is 0 Å². The van der Waals surface area contributed by atoms with Crippen LogP contribution in [0.3, 0.4) is 0 Å². The van der Waals surface area contributed by atoms with E-state index in [1.807, 2.05) is 0 Å². The zero-order valence-corrected chi connectivity index (χ0v) is 14.9. The molecule has 0 radical (unpaired) electrons. The van der Waals surface area contributed by atoms with Gasteiger partial charge in [-0.05, 0) is 35.9 Å². The number of aromatic hydroxyl groups is 1. The molecule has 0 atom stereocenters. The first-order valence-electron chi connectivity index (χ1n) is 7.05. The lowest BCUT2D eigenvalue weighted by Gasteiger charge is -2.12. The lowest BCUT2D eigenvalue weighted by molar-refractivity contribution is 0.477. The smallest absolute Gasteiger partial charge is 0.143 e. The van der Waals surface area contributed by atoms with Gasteiger partial charge >= 0.3 is 0 Å². The molecular formula is C18H10Cl3N3O. The van der Waals surface area contributed by atoms with Crippen LogP contribution in [0, 0.1) is 11.3 Å². The summed E-state index contributed by atoms with van der Waals surface area (Å²) in [6, 6.07) is 13.6. The Morgan fingerprint density at radius 2 is 1.64 bits per heavy atom. The van der Waals surface area contributed by atoms with E-state index in [2.05, 4.69) is 11.1 Å². The minimum absolute atomic E-state index is 0.0421. The minimum atomic E-state index is -0.162. The molecule has 7 heteroatoms. The van der Waals surface area contributed by atoms with Gasteiger partial charge < -0.3 is 10.8 Å². The van der Waals surface area contributed by atoms with Crippen LogP contribution in [0.15, 0.2) is 42.5 Å². The van der Waals surface area contributed by atoms with Crippen molar-refractivity contribution < 1.29 is 5.11 Å². The molecule has 0 bridgehead atoms. The number of nitriles is 1. The number of anilines is 1. The average Bonchev–Trinajstić information content (AvgIpc) is 2.58. The third-order valence-corrected chi connectivity index (χ3v) is 4.38. The number of phenols is 1. The van der Waals surface area contributed by atoms with Crippen molar-refractivity contribution in [1.82, 2.24) is 4.98 Å². The summed E-state index contributed by atoms with van der Waals surface area (Å²) in [5, 5.41) is 20.7. The highest BCUT2D eigenvalue weighted by molar-refractivity contribution is 6.36. The molecule has 0 aliphatic heterocycles. The highest BCUT2D eigenvalue weighted by Gasteiger charge is 2.17. The Balaban J connectivity index is 2.28. The van der Waals surface area contributed by atoms with Crippen LogP contribution in [-0.4, -0.2) is 10.1 Å². The number of hydrogen-bond acceptors (Lipinski definition) is 4. The van der Waals surface area contributed by atoms with Gasteiger partial charge in [-0.25, -0.2) is 4.98 Å². The summed E-state index contributed by atoms with van der Waals surface area (Å²) in [4.78, 5) is 4.21. The number of rotatable bonds is 2. The first-order valence-corrected chi connectivity index (χ1v) is 8.19. The van der Waals surface area contributed by atoms with E-state index in [-0.39, 0.29) is 22.2 Å². The van der Waals surface area contributed by atoms with E-state index in [1.54, 1.807) is 30.3 Å². The second-order valence-corrected chi connectivity index (χ2v) is 6.50. The first-order chi connectivity index (χ1) is 11.9. The molecule has 4 nitrogen and oxygen atoms in total. The average molecular weight is 391 g/mol. The molecule has 1 aromatic heterocycles. The summed E-state index contributed by atoms with van der Waals surface area (Å²) < 4.78 is 0. The molecular weight excluding hydrogens is 381 g/mol. The number of halogens is 3. The highest BCUT2D eigenvalue weighted by Crippen LogP contribution is 2.39. The standard InChI is InChI=1S/C18H10Cl3N3O/c19-10-3-1-9(2-4-10)12-7-16(24-18(23)14(12)8-22)13-5-11(20)6-15(21)17(13)25/h1-7,25H,(H2,23,24). The third-order valence-electron chi connectivity index (χ3n) is 3.62. The molecule has 0 amide bonds. The van der Waals surface area contributed by atoms with E-state index in [0.717, 1.165) is 5.56 Å². The van der Waals surface area contributed by atoms with Gasteiger partial charge in [-0.1, -0.05) is 46.9 Å². The number of pyridine rings is 1. The van der Waals surface area contributed by atoms with Crippen molar-refractivity contribution in [2.24, 2.45) is 0 Å². The van der Waals surface area contributed by atoms with Gasteiger partial charge in [-0.3, -0.25) is 0 Å². The predicted molar refractivity (Wildman–Crippen MR) is 101 cm³/mol. The number of nitrogens with zero attached hydrogens (tertiary/aromatic N) is 2. The Morgan fingerprint density at radius 1 is 0.960 bits per heavy atom. The van der Waals surface area contributed by atoms with Gasteiger partial charge in [0.15, 0.2) is 0 Å². The van der Waals surface area contributed by atoms with Crippen LogP contribution in [0.1, 0.15) is 5.56 Å². The molecule has 0 spiro atoms. The van der Waals surface area contributed by atoms with Gasteiger partial charge in [0.25, 0.3) is 0 Å². The fraction of sp³-hybridized carbons (Fsp3) is 0. The van der Waals surface area contributed by atoms with Gasteiger partial charge in [0.2, 0.25) is 0 Å². The van der Waals surface area contributed by atoms with Crippen molar-refractivity contribution in [2.75, 3.05) is 5.73 Å². The fourth-order valence-corrected chi connectivity index (χ4v) is 3.06. The van der Waals surface area contributed by atoms with Crippen LogP contribution >= 0.6 is 34.8 Å². The van der Waals surface area contributed by atoms with Crippen LogP contribution in [0.25, 0.3) is 22.4 Å². The topological polar surface area (TPSA) is 82.9 Å². The number of nitrogens with two attached hydrogens (primary N) is 1. The molecule has 3 N–H and O–H groups in total. The molecule has 0 saturated heterocycles. The Labute approximate surface area is 159 Å². The molecule has 0 saturated carbocycles. The quantitative estimate of drug-likeness (QED) is 0.602. The highest BCUT2D eigenvalue weighted by atomic mass is 35.5. The zero-order chi connectivity index (χ0) is 18.1. The molecule has 0 aliphatic rings. The summed E-state index contributed by atoms with van der Waals surface area (Å²) in [5.74, 6) is -0.120. The summed E-state index contributed by atoms with van der Waals surface area (Å²) in [6.45, 7) is 0. The van der Waals surface area contributed by atoms with E-state index in [9.17, 15) is 10.4 Å². The van der Waals surface area contributed by atoms with Crippen LogP contribution in [0.5, 0.6) is 5.75 Å². The fourth-order valence-electron chi connectivity index (χ4n) is 2.44. The molecule has 0 aliphatic carbocycles. The number of nitrogen functional groups attached to an aromatic ring is 1. The third kappa shape index (κ3) is 3.35. The number of phenolic OH excluding ortho intramolecular Hbond substituents is 1. The van der Waals surface area contributed by atoms with Crippen molar-refractivity contribution in [1.29, 1.82) is 5.26 Å². The first kappa shape index (κ1) is 17.4. The molecule has 0 unspecified atom stereocenters. The second-order valence-electron chi connectivity index (χ2n) is 5.22. The van der Waals surface area contributed by atoms with Crippen molar-refractivity contribution in [3.8, 4) is 34.2 Å². The van der Waals surface area contributed by atoms with Crippen LogP contribution < -0.4 is 5.73 Å². The maximum Gasteiger partial charge on any atom is 0.143 e. The van der Waals surface area contributed by atoms with Crippen LogP contribution in [0.4, 0.5) is 5.82 Å². The number of aromatic nitrogens is 1. The number of hydrogen-bond donors (Lipinski definition) is 2. The Hall–Kier alpha value is -2.45. The molecule has 2 aromatic carbocycles. The summed E-state index contributed by atoms with van der Waals surface area (Å²) >= 11 is 17.9. The summed E-state index contributed by atoms with van der Waals surface area (Å²) in [7, 11) is 0. The largest absolute Gasteiger partial charge is 0.506 e. The lowest BCUT2D eigenvalue weighted by atomic mass is 9.98. The monoisotopic (exact) mass is 389 g/mol. The molecule has 1 heterocycles. The maximum absolute atomic E-state index is 10.2. The minimum Gasteiger partial charge on any atom is -0.506 e. The van der Waals surface area contributed by atoms with E-state index in [4.69, 9.17) is 40.5 Å². The molecule has 3 rings (SSSR count). The molecule has 25 heavy (non-hydrogen) atoms. The maximum atomic E-state index is 10.2. The van der Waals surface area contributed by atoms with Crippen LogP contribution in [0.2, 0.25) is 15.1 Å². The second kappa shape index (κ2) is 6.81. The van der Waals surface area contributed by atoms with E-state index in [1.165, 1.54) is 12.1 Å². The van der Waals surface area contributed by atoms with E-state index in [0.29, 0.717) is 26.9 Å².